The van der Waals surface area contributed by atoms with Crippen LogP contribution >= 0.6 is 0 Å². The Bertz CT molecular complexity index is 974. The SMILES string of the molecule is O=C(c1cccc(C(F)(F)F)c1)N1CCN(C(c2ccccc2)c2ccccc2)CC1. The van der Waals surface area contributed by atoms with Crippen molar-refractivity contribution in [3.8, 4) is 0 Å². The summed E-state index contributed by atoms with van der Waals surface area (Å²) in [6.45, 7) is 2.20. The van der Waals surface area contributed by atoms with Gasteiger partial charge in [0.1, 0.15) is 0 Å². The van der Waals surface area contributed by atoms with Gasteiger partial charge in [-0.2, -0.15) is 13.2 Å². The van der Waals surface area contributed by atoms with Crippen molar-refractivity contribution in [3.05, 3.63) is 107 Å². The molecule has 0 saturated carbocycles. The monoisotopic (exact) mass is 424 g/mol. The number of carbonyl (C=O) groups excluding carboxylic acids is 1. The maximum Gasteiger partial charge on any atom is 0.416 e. The number of carbonyl (C=O) groups is 1. The zero-order valence-electron chi connectivity index (χ0n) is 16.9. The number of rotatable bonds is 4. The van der Waals surface area contributed by atoms with Gasteiger partial charge in [0.15, 0.2) is 0 Å². The summed E-state index contributed by atoms with van der Waals surface area (Å²) in [5, 5.41) is 0. The lowest BCUT2D eigenvalue weighted by molar-refractivity contribution is -0.137. The van der Waals surface area contributed by atoms with Crippen molar-refractivity contribution in [2.24, 2.45) is 0 Å². The topological polar surface area (TPSA) is 23.6 Å². The van der Waals surface area contributed by atoms with E-state index in [1.54, 1.807) is 4.90 Å². The first-order valence-corrected chi connectivity index (χ1v) is 10.2. The van der Waals surface area contributed by atoms with Gasteiger partial charge in [-0.15, -0.1) is 0 Å². The van der Waals surface area contributed by atoms with Gasteiger partial charge in [0.05, 0.1) is 11.6 Å². The highest BCUT2D eigenvalue weighted by molar-refractivity contribution is 5.94. The van der Waals surface area contributed by atoms with E-state index in [1.165, 1.54) is 23.3 Å². The molecule has 1 saturated heterocycles. The molecule has 1 aliphatic heterocycles. The molecule has 31 heavy (non-hydrogen) atoms. The third-order valence-electron chi connectivity index (χ3n) is 5.63. The molecule has 160 valence electrons. The Morgan fingerprint density at radius 1 is 0.742 bits per heavy atom. The van der Waals surface area contributed by atoms with Crippen LogP contribution in [-0.2, 0) is 6.18 Å². The normalized spacial score (nSPS) is 15.3. The maximum absolute atomic E-state index is 13.0. The van der Waals surface area contributed by atoms with E-state index in [2.05, 4.69) is 29.2 Å². The summed E-state index contributed by atoms with van der Waals surface area (Å²) in [5.74, 6) is -0.360. The summed E-state index contributed by atoms with van der Waals surface area (Å²) in [5.41, 5.74) is 1.62. The van der Waals surface area contributed by atoms with Crippen LogP contribution in [-0.4, -0.2) is 41.9 Å². The predicted molar refractivity (Wildman–Crippen MR) is 114 cm³/mol. The minimum absolute atomic E-state index is 0.0632. The molecule has 0 unspecified atom stereocenters. The molecule has 0 radical (unpaired) electrons. The number of hydrogen-bond donors (Lipinski definition) is 0. The van der Waals surface area contributed by atoms with Gasteiger partial charge in [0.2, 0.25) is 0 Å². The van der Waals surface area contributed by atoms with Crippen LogP contribution in [0.2, 0.25) is 0 Å². The number of amides is 1. The Morgan fingerprint density at radius 2 is 1.29 bits per heavy atom. The molecular formula is C25H23F3N2O. The Kier molecular flexibility index (Phi) is 6.09. The molecule has 3 nitrogen and oxygen atoms in total. The van der Waals surface area contributed by atoms with E-state index in [0.29, 0.717) is 26.2 Å². The van der Waals surface area contributed by atoms with E-state index in [1.807, 2.05) is 36.4 Å². The van der Waals surface area contributed by atoms with Gasteiger partial charge in [0.25, 0.3) is 5.91 Å². The Labute approximate surface area is 179 Å². The largest absolute Gasteiger partial charge is 0.416 e. The number of nitrogens with zero attached hydrogens (tertiary/aromatic N) is 2. The van der Waals surface area contributed by atoms with E-state index < -0.39 is 11.7 Å². The third kappa shape index (κ3) is 4.80. The molecule has 6 heteroatoms. The van der Waals surface area contributed by atoms with Crippen molar-refractivity contribution >= 4 is 5.91 Å². The minimum atomic E-state index is -4.46. The summed E-state index contributed by atoms with van der Waals surface area (Å²) >= 11 is 0. The molecule has 1 amide bonds. The molecule has 0 spiro atoms. The molecule has 3 aromatic carbocycles. The molecule has 0 atom stereocenters. The summed E-state index contributed by atoms with van der Waals surface area (Å²) in [4.78, 5) is 16.8. The van der Waals surface area contributed by atoms with Crippen LogP contribution in [0.4, 0.5) is 13.2 Å². The standard InChI is InChI=1S/C25H23F3N2O/c26-25(27,28)22-13-7-12-21(18-22)24(31)30-16-14-29(15-17-30)23(19-8-3-1-4-9-19)20-10-5-2-6-11-20/h1-13,18,23H,14-17H2. The van der Waals surface area contributed by atoms with E-state index >= 15 is 0 Å². The summed E-state index contributed by atoms with van der Waals surface area (Å²) in [7, 11) is 0. The lowest BCUT2D eigenvalue weighted by Gasteiger charge is -2.39. The highest BCUT2D eigenvalue weighted by Gasteiger charge is 2.32. The minimum Gasteiger partial charge on any atom is -0.336 e. The second kappa shape index (κ2) is 8.94. The highest BCUT2D eigenvalue weighted by atomic mass is 19.4. The maximum atomic E-state index is 13.0. The van der Waals surface area contributed by atoms with Crippen LogP contribution in [0.25, 0.3) is 0 Å². The number of hydrogen-bond acceptors (Lipinski definition) is 2. The van der Waals surface area contributed by atoms with Gasteiger partial charge in [-0.1, -0.05) is 66.7 Å². The van der Waals surface area contributed by atoms with E-state index in [0.717, 1.165) is 12.1 Å². The van der Waals surface area contributed by atoms with Gasteiger partial charge >= 0.3 is 6.18 Å². The molecule has 0 bridgehead atoms. The zero-order chi connectivity index (χ0) is 21.8. The number of piperazine rings is 1. The summed E-state index contributed by atoms with van der Waals surface area (Å²) in [6.07, 6.45) is -4.46. The molecule has 1 heterocycles. The van der Waals surface area contributed by atoms with Crippen LogP contribution in [0.5, 0.6) is 0 Å². The van der Waals surface area contributed by atoms with Crippen LogP contribution in [0, 0.1) is 0 Å². The zero-order valence-corrected chi connectivity index (χ0v) is 16.9. The van der Waals surface area contributed by atoms with Crippen molar-refractivity contribution in [1.29, 1.82) is 0 Å². The number of alkyl halides is 3. The molecule has 4 rings (SSSR count). The Balaban J connectivity index is 1.50. The van der Waals surface area contributed by atoms with Gasteiger partial charge in [-0.3, -0.25) is 9.69 Å². The smallest absolute Gasteiger partial charge is 0.336 e. The first-order chi connectivity index (χ1) is 14.9. The van der Waals surface area contributed by atoms with Gasteiger partial charge < -0.3 is 4.90 Å². The first-order valence-electron chi connectivity index (χ1n) is 10.2. The molecule has 1 fully saturated rings. The van der Waals surface area contributed by atoms with E-state index in [9.17, 15) is 18.0 Å². The Hall–Kier alpha value is -3.12. The Morgan fingerprint density at radius 3 is 1.81 bits per heavy atom. The quantitative estimate of drug-likeness (QED) is 0.571. The summed E-state index contributed by atoms with van der Waals surface area (Å²) in [6, 6.07) is 25.1. The van der Waals surface area contributed by atoms with Gasteiger partial charge in [0, 0.05) is 31.7 Å². The fourth-order valence-electron chi connectivity index (χ4n) is 4.08. The number of halogens is 3. The van der Waals surface area contributed by atoms with Crippen molar-refractivity contribution in [3.63, 3.8) is 0 Å². The van der Waals surface area contributed by atoms with Gasteiger partial charge in [-0.25, -0.2) is 0 Å². The second-order valence-electron chi connectivity index (χ2n) is 7.63. The third-order valence-corrected chi connectivity index (χ3v) is 5.63. The van der Waals surface area contributed by atoms with Crippen molar-refractivity contribution in [2.75, 3.05) is 26.2 Å². The fourth-order valence-corrected chi connectivity index (χ4v) is 4.08. The van der Waals surface area contributed by atoms with Crippen LogP contribution in [0.1, 0.15) is 33.1 Å². The van der Waals surface area contributed by atoms with Crippen molar-refractivity contribution in [1.82, 2.24) is 9.80 Å². The van der Waals surface area contributed by atoms with E-state index in [4.69, 9.17) is 0 Å². The van der Waals surface area contributed by atoms with Crippen LogP contribution in [0.3, 0.4) is 0 Å². The molecule has 0 aliphatic carbocycles. The van der Waals surface area contributed by atoms with E-state index in [-0.39, 0.29) is 17.5 Å². The second-order valence-corrected chi connectivity index (χ2v) is 7.63. The fraction of sp³-hybridized carbons (Fsp3) is 0.240. The average Bonchev–Trinajstić information content (AvgIpc) is 2.80. The highest BCUT2D eigenvalue weighted by Crippen LogP contribution is 2.31. The van der Waals surface area contributed by atoms with Crippen molar-refractivity contribution < 1.29 is 18.0 Å². The lowest BCUT2D eigenvalue weighted by atomic mass is 9.96. The lowest BCUT2D eigenvalue weighted by Crippen LogP contribution is -2.49. The number of benzene rings is 3. The first kappa shape index (κ1) is 21.1. The molecule has 1 aliphatic rings. The summed E-state index contributed by atoms with van der Waals surface area (Å²) < 4.78 is 39.0. The molecule has 0 N–H and O–H groups in total. The van der Waals surface area contributed by atoms with Crippen LogP contribution < -0.4 is 0 Å². The predicted octanol–water partition coefficient (Wildman–Crippen LogP) is 5.25. The van der Waals surface area contributed by atoms with Gasteiger partial charge in [-0.05, 0) is 29.3 Å². The molecule has 3 aromatic rings. The molecular weight excluding hydrogens is 401 g/mol. The van der Waals surface area contributed by atoms with Crippen LogP contribution in [0.15, 0.2) is 84.9 Å². The molecule has 0 aromatic heterocycles. The van der Waals surface area contributed by atoms with Crippen molar-refractivity contribution in [2.45, 2.75) is 12.2 Å². The average molecular weight is 424 g/mol.